The van der Waals surface area contributed by atoms with Gasteiger partial charge in [-0.05, 0) is 24.3 Å². The summed E-state index contributed by atoms with van der Waals surface area (Å²) in [5.74, 6) is 6.85. The minimum absolute atomic E-state index is 0.299. The average molecular weight is 264 g/mol. The van der Waals surface area contributed by atoms with Gasteiger partial charge in [0.1, 0.15) is 0 Å². The van der Waals surface area contributed by atoms with Crippen molar-refractivity contribution in [3.8, 4) is 0 Å². The molecule has 1 aromatic carbocycles. The fourth-order valence-corrected chi connectivity index (χ4v) is 2.70. The summed E-state index contributed by atoms with van der Waals surface area (Å²) < 4.78 is 5.14. The summed E-state index contributed by atoms with van der Waals surface area (Å²) in [5.41, 5.74) is 4.39. The Kier molecular flexibility index (Phi) is 7.72. The third kappa shape index (κ3) is 4.94. The lowest BCUT2D eigenvalue weighted by Crippen LogP contribution is -2.42. The number of hydrazine groups is 1. The van der Waals surface area contributed by atoms with Crippen LogP contribution in [0.2, 0.25) is 0 Å². The van der Waals surface area contributed by atoms with Crippen LogP contribution in [0.3, 0.4) is 0 Å². The van der Waals surface area contributed by atoms with E-state index < -0.39 is 0 Å². The quantitative estimate of drug-likeness (QED) is 0.409. The number of ether oxygens (including phenoxy) is 1. The normalized spacial score (nSPS) is 16.0. The molecule has 0 aromatic heterocycles. The molecule has 3 heteroatoms. The monoisotopic (exact) mass is 264 g/mol. The zero-order valence-electron chi connectivity index (χ0n) is 12.4. The number of hydrogen-bond donors (Lipinski definition) is 2. The van der Waals surface area contributed by atoms with E-state index in [2.05, 4.69) is 49.6 Å². The van der Waals surface area contributed by atoms with Crippen LogP contribution in [-0.2, 0) is 4.74 Å². The van der Waals surface area contributed by atoms with E-state index in [9.17, 15) is 0 Å². The van der Waals surface area contributed by atoms with Gasteiger partial charge in [0.25, 0.3) is 0 Å². The number of nitrogens with two attached hydrogens (primary N) is 1. The first-order valence-electron chi connectivity index (χ1n) is 7.24. The van der Waals surface area contributed by atoms with Crippen LogP contribution in [0.15, 0.2) is 30.3 Å². The van der Waals surface area contributed by atoms with Gasteiger partial charge in [0.15, 0.2) is 0 Å². The third-order valence-electron chi connectivity index (χ3n) is 3.95. The van der Waals surface area contributed by atoms with Gasteiger partial charge in [0.2, 0.25) is 0 Å². The largest absolute Gasteiger partial charge is 0.385 e. The predicted octanol–water partition coefficient (Wildman–Crippen LogP) is 3.07. The second-order valence-electron chi connectivity index (χ2n) is 5.23. The molecule has 108 valence electrons. The lowest BCUT2D eigenvalue weighted by Gasteiger charge is -2.31. The second-order valence-corrected chi connectivity index (χ2v) is 5.23. The maximum Gasteiger partial charge on any atom is 0.0462 e. The van der Waals surface area contributed by atoms with Gasteiger partial charge < -0.3 is 4.74 Å². The zero-order chi connectivity index (χ0) is 14.1. The van der Waals surface area contributed by atoms with Crippen molar-refractivity contribution in [2.24, 2.45) is 11.8 Å². The van der Waals surface area contributed by atoms with Gasteiger partial charge in [-0.25, -0.2) is 0 Å². The molecule has 0 bridgehead atoms. The van der Waals surface area contributed by atoms with Crippen LogP contribution in [-0.4, -0.2) is 19.8 Å². The van der Waals surface area contributed by atoms with Gasteiger partial charge in [0, 0.05) is 25.7 Å². The maximum atomic E-state index is 5.79. The third-order valence-corrected chi connectivity index (χ3v) is 3.95. The number of nitrogens with one attached hydrogen (secondary N) is 1. The second kappa shape index (κ2) is 9.08. The summed E-state index contributed by atoms with van der Waals surface area (Å²) in [6.45, 7) is 5.34. The Bertz CT molecular complexity index is 329. The number of hydrogen-bond acceptors (Lipinski definition) is 3. The van der Waals surface area contributed by atoms with Crippen LogP contribution in [0, 0.1) is 5.92 Å². The molecule has 0 saturated carbocycles. The Labute approximate surface area is 117 Å². The summed E-state index contributed by atoms with van der Waals surface area (Å²) in [7, 11) is 1.74. The molecule has 0 aliphatic rings. The van der Waals surface area contributed by atoms with Crippen molar-refractivity contribution in [1.82, 2.24) is 5.43 Å². The van der Waals surface area contributed by atoms with Gasteiger partial charge in [-0.3, -0.25) is 11.3 Å². The molecule has 1 rings (SSSR count). The van der Waals surface area contributed by atoms with E-state index in [0.29, 0.717) is 17.9 Å². The van der Waals surface area contributed by atoms with Crippen molar-refractivity contribution in [3.63, 3.8) is 0 Å². The van der Waals surface area contributed by atoms with Crippen molar-refractivity contribution < 1.29 is 4.74 Å². The molecule has 0 aliphatic carbocycles. The van der Waals surface area contributed by atoms with Gasteiger partial charge in [-0.2, -0.15) is 0 Å². The Morgan fingerprint density at radius 1 is 1.26 bits per heavy atom. The molecule has 3 N–H and O–H groups in total. The molecule has 0 fully saturated rings. The Hall–Kier alpha value is -0.900. The van der Waals surface area contributed by atoms with Gasteiger partial charge in [0.05, 0.1) is 0 Å². The first kappa shape index (κ1) is 16.2. The lowest BCUT2D eigenvalue weighted by molar-refractivity contribution is 0.184. The average Bonchev–Trinajstić information content (AvgIpc) is 2.47. The van der Waals surface area contributed by atoms with Crippen LogP contribution in [0.1, 0.15) is 44.6 Å². The van der Waals surface area contributed by atoms with E-state index in [1.54, 1.807) is 7.11 Å². The highest BCUT2D eigenvalue weighted by molar-refractivity contribution is 5.22. The van der Waals surface area contributed by atoms with Gasteiger partial charge in [-0.15, -0.1) is 0 Å². The van der Waals surface area contributed by atoms with Gasteiger partial charge >= 0.3 is 0 Å². The van der Waals surface area contributed by atoms with Crippen molar-refractivity contribution >= 4 is 0 Å². The molecule has 0 heterocycles. The maximum absolute atomic E-state index is 5.79. The molecule has 3 atom stereocenters. The molecule has 0 aliphatic heterocycles. The topological polar surface area (TPSA) is 47.3 Å². The van der Waals surface area contributed by atoms with E-state index in [4.69, 9.17) is 10.6 Å². The minimum Gasteiger partial charge on any atom is -0.385 e. The number of rotatable bonds is 9. The molecule has 3 unspecified atom stereocenters. The molecule has 3 nitrogen and oxygen atoms in total. The highest BCUT2D eigenvalue weighted by atomic mass is 16.5. The summed E-state index contributed by atoms with van der Waals surface area (Å²) in [5, 5.41) is 0. The first-order valence-corrected chi connectivity index (χ1v) is 7.24. The van der Waals surface area contributed by atoms with Crippen molar-refractivity contribution in [2.45, 2.75) is 45.1 Å². The van der Waals surface area contributed by atoms with Crippen LogP contribution in [0.4, 0.5) is 0 Å². The molecular formula is C16H28N2O. The Balaban J connectivity index is 2.82. The van der Waals surface area contributed by atoms with E-state index in [1.165, 1.54) is 5.56 Å². The smallest absolute Gasteiger partial charge is 0.0462 e. The standard InChI is InChI=1S/C16H28N2O/c1-4-13(2)16(14-9-6-5-7-10-14)15(18-17)11-8-12-19-3/h5-7,9-10,13,15-16,18H,4,8,11-12,17H2,1-3H3. The highest BCUT2D eigenvalue weighted by Crippen LogP contribution is 2.31. The van der Waals surface area contributed by atoms with Crippen LogP contribution in [0.25, 0.3) is 0 Å². The van der Waals surface area contributed by atoms with Crippen molar-refractivity contribution in [2.75, 3.05) is 13.7 Å². The molecule has 1 aromatic rings. The molecule has 19 heavy (non-hydrogen) atoms. The summed E-state index contributed by atoms with van der Waals surface area (Å²) in [6, 6.07) is 11.0. The summed E-state index contributed by atoms with van der Waals surface area (Å²) >= 11 is 0. The predicted molar refractivity (Wildman–Crippen MR) is 80.9 cm³/mol. The van der Waals surface area contributed by atoms with Crippen LogP contribution < -0.4 is 11.3 Å². The zero-order valence-corrected chi connectivity index (χ0v) is 12.4. The fraction of sp³-hybridized carbons (Fsp3) is 0.625. The summed E-state index contributed by atoms with van der Waals surface area (Å²) in [6.07, 6.45) is 3.22. The lowest BCUT2D eigenvalue weighted by atomic mass is 9.79. The van der Waals surface area contributed by atoms with Gasteiger partial charge in [-0.1, -0.05) is 50.6 Å². The molecule has 0 radical (unpaired) electrons. The van der Waals surface area contributed by atoms with Crippen LogP contribution >= 0.6 is 0 Å². The van der Waals surface area contributed by atoms with Crippen molar-refractivity contribution in [1.29, 1.82) is 0 Å². The van der Waals surface area contributed by atoms with E-state index in [1.807, 2.05) is 0 Å². The van der Waals surface area contributed by atoms with E-state index >= 15 is 0 Å². The Morgan fingerprint density at radius 3 is 2.47 bits per heavy atom. The van der Waals surface area contributed by atoms with E-state index in [0.717, 1.165) is 25.9 Å². The molecule has 0 amide bonds. The molecular weight excluding hydrogens is 236 g/mol. The van der Waals surface area contributed by atoms with E-state index in [-0.39, 0.29) is 0 Å². The minimum atomic E-state index is 0.299. The highest BCUT2D eigenvalue weighted by Gasteiger charge is 2.26. The van der Waals surface area contributed by atoms with Crippen LogP contribution in [0.5, 0.6) is 0 Å². The molecule has 0 saturated heterocycles. The number of benzene rings is 1. The molecule has 0 spiro atoms. The first-order chi connectivity index (χ1) is 9.24. The Morgan fingerprint density at radius 2 is 1.95 bits per heavy atom. The van der Waals surface area contributed by atoms with Crippen molar-refractivity contribution in [3.05, 3.63) is 35.9 Å². The number of methoxy groups -OCH3 is 1. The SMILES string of the molecule is CCC(C)C(c1ccccc1)C(CCCOC)NN. The summed E-state index contributed by atoms with van der Waals surface area (Å²) in [4.78, 5) is 0. The fourth-order valence-electron chi connectivity index (χ4n) is 2.70.